The van der Waals surface area contributed by atoms with Crippen LogP contribution >= 0.6 is 0 Å². The highest BCUT2D eigenvalue weighted by molar-refractivity contribution is 5.93. The normalized spacial score (nSPS) is 32.5. The van der Waals surface area contributed by atoms with Crippen LogP contribution in [-0.2, 0) is 14.3 Å². The zero-order valence-electron chi connectivity index (χ0n) is 16.6. The molecule has 0 aliphatic carbocycles. The first-order chi connectivity index (χ1) is 14.1. The number of nitrogens with zero attached hydrogens (tertiary/aromatic N) is 2. The van der Waals surface area contributed by atoms with Gasteiger partial charge in [0.15, 0.2) is 0 Å². The minimum atomic E-state index is -0.656. The van der Waals surface area contributed by atoms with Gasteiger partial charge in [0.25, 0.3) is 0 Å². The zero-order valence-corrected chi connectivity index (χ0v) is 16.6. The summed E-state index contributed by atoms with van der Waals surface area (Å²) in [6, 6.07) is 9.58. The molecule has 2 bridgehead atoms. The molecule has 1 spiro atoms. The maximum Gasteiger partial charge on any atom is 0.230 e. The van der Waals surface area contributed by atoms with Crippen molar-refractivity contribution in [2.45, 2.75) is 25.0 Å². The average molecular weight is 394 g/mol. The molecule has 0 N–H and O–H groups in total. The number of para-hydroxylation sites is 1. The summed E-state index contributed by atoms with van der Waals surface area (Å²) in [6.45, 7) is 4.83. The molecule has 0 unspecified atom stereocenters. The number of carbonyl (C=O) groups is 2. The molecule has 2 amide bonds. The second-order valence-corrected chi connectivity index (χ2v) is 8.41. The van der Waals surface area contributed by atoms with E-state index in [1.807, 2.05) is 47.4 Å². The molecule has 4 aliphatic heterocycles. The maximum atomic E-state index is 13.3. The van der Waals surface area contributed by atoms with E-state index in [-0.39, 0.29) is 17.9 Å². The zero-order chi connectivity index (χ0) is 20.0. The van der Waals surface area contributed by atoms with Crippen LogP contribution in [0.25, 0.3) is 0 Å². The molecule has 1 aromatic carbocycles. The van der Waals surface area contributed by atoms with E-state index in [2.05, 4.69) is 13.0 Å². The first-order valence-corrected chi connectivity index (χ1v) is 10.4. The van der Waals surface area contributed by atoms with Gasteiger partial charge in [-0.25, -0.2) is 0 Å². The molecule has 5 rings (SSSR count). The summed E-state index contributed by atoms with van der Waals surface area (Å²) in [6.07, 6.45) is 6.69. The van der Waals surface area contributed by atoms with Gasteiger partial charge in [-0.15, -0.1) is 0 Å². The first-order valence-electron chi connectivity index (χ1n) is 10.4. The van der Waals surface area contributed by atoms with E-state index in [1.165, 1.54) is 5.57 Å². The molecule has 2 saturated heterocycles. The average Bonchev–Trinajstić information content (AvgIpc) is 3.37. The Labute approximate surface area is 170 Å². The van der Waals surface area contributed by atoms with E-state index >= 15 is 0 Å². The third-order valence-corrected chi connectivity index (χ3v) is 6.58. The van der Waals surface area contributed by atoms with Crippen molar-refractivity contribution in [2.75, 3.05) is 32.8 Å². The highest BCUT2D eigenvalue weighted by Crippen LogP contribution is 2.52. The minimum Gasteiger partial charge on any atom is -0.492 e. The summed E-state index contributed by atoms with van der Waals surface area (Å²) < 4.78 is 12.0. The van der Waals surface area contributed by atoms with Gasteiger partial charge < -0.3 is 19.3 Å². The largest absolute Gasteiger partial charge is 0.492 e. The molecule has 0 saturated carbocycles. The van der Waals surface area contributed by atoms with Crippen molar-refractivity contribution in [1.82, 2.24) is 9.80 Å². The third kappa shape index (κ3) is 3.06. The smallest absolute Gasteiger partial charge is 0.230 e. The van der Waals surface area contributed by atoms with E-state index in [1.54, 1.807) is 4.90 Å². The Morgan fingerprint density at radius 1 is 1.31 bits per heavy atom. The minimum absolute atomic E-state index is 0.00981. The first kappa shape index (κ1) is 18.4. The second-order valence-electron chi connectivity index (χ2n) is 8.41. The van der Waals surface area contributed by atoms with Crippen molar-refractivity contribution >= 4 is 11.8 Å². The standard InChI is InChI=1S/C23H26N2O4/c1-16-8-11-24(12-9-16)21(26)19-18-7-10-23(29-18)15-25(22(27)20(19)23)13-14-28-17-5-3-2-4-6-17/h2-8,10,18-20H,9,11-15H2,1H3/t18-,19-,20+,23-/m0/s1. The van der Waals surface area contributed by atoms with Crippen molar-refractivity contribution in [3.63, 3.8) is 0 Å². The highest BCUT2D eigenvalue weighted by Gasteiger charge is 2.67. The van der Waals surface area contributed by atoms with Crippen molar-refractivity contribution in [2.24, 2.45) is 11.8 Å². The lowest BCUT2D eigenvalue weighted by atomic mass is 9.76. The second kappa shape index (κ2) is 7.02. The fourth-order valence-corrected chi connectivity index (χ4v) is 5.02. The number of rotatable bonds is 5. The van der Waals surface area contributed by atoms with Crippen molar-refractivity contribution in [1.29, 1.82) is 0 Å². The Morgan fingerprint density at radius 2 is 2.14 bits per heavy atom. The van der Waals surface area contributed by atoms with Crippen LogP contribution in [0.5, 0.6) is 5.75 Å². The quantitative estimate of drug-likeness (QED) is 0.717. The molecule has 0 radical (unpaired) electrons. The molecule has 4 atom stereocenters. The number of fused-ring (bicyclic) bond motifs is 1. The number of hydrogen-bond acceptors (Lipinski definition) is 4. The summed E-state index contributed by atoms with van der Waals surface area (Å²) in [5, 5.41) is 0. The van der Waals surface area contributed by atoms with Crippen LogP contribution in [0, 0.1) is 11.8 Å². The van der Waals surface area contributed by atoms with E-state index in [0.29, 0.717) is 26.2 Å². The van der Waals surface area contributed by atoms with Crippen molar-refractivity contribution in [3.05, 3.63) is 54.1 Å². The number of carbonyl (C=O) groups excluding carboxylic acids is 2. The van der Waals surface area contributed by atoms with Gasteiger partial charge in [0.1, 0.15) is 18.0 Å². The third-order valence-electron chi connectivity index (χ3n) is 6.58. The number of likely N-dealkylation sites (tertiary alicyclic amines) is 1. The fraction of sp³-hybridized carbons (Fsp3) is 0.478. The Bertz CT molecular complexity index is 880. The Balaban J connectivity index is 1.28. The predicted octanol–water partition coefficient (Wildman–Crippen LogP) is 2.03. The van der Waals surface area contributed by atoms with Crippen LogP contribution in [-0.4, -0.2) is 66.1 Å². The number of ether oxygens (including phenoxy) is 2. The molecule has 0 aromatic heterocycles. The summed E-state index contributed by atoms with van der Waals surface area (Å²) in [4.78, 5) is 30.2. The number of benzene rings is 1. The van der Waals surface area contributed by atoms with Crippen LogP contribution in [0.4, 0.5) is 0 Å². The van der Waals surface area contributed by atoms with Crippen LogP contribution < -0.4 is 4.74 Å². The topological polar surface area (TPSA) is 59.1 Å². The van der Waals surface area contributed by atoms with Crippen LogP contribution in [0.2, 0.25) is 0 Å². The summed E-state index contributed by atoms with van der Waals surface area (Å²) >= 11 is 0. The number of amides is 2. The van der Waals surface area contributed by atoms with E-state index in [4.69, 9.17) is 9.47 Å². The van der Waals surface area contributed by atoms with Gasteiger partial charge in [-0.2, -0.15) is 0 Å². The van der Waals surface area contributed by atoms with E-state index in [9.17, 15) is 9.59 Å². The van der Waals surface area contributed by atoms with Gasteiger partial charge in [0.05, 0.1) is 31.0 Å². The van der Waals surface area contributed by atoms with Crippen molar-refractivity contribution < 1.29 is 19.1 Å². The monoisotopic (exact) mass is 394 g/mol. The molecule has 152 valence electrons. The van der Waals surface area contributed by atoms with Crippen molar-refractivity contribution in [3.8, 4) is 5.75 Å². The lowest BCUT2D eigenvalue weighted by Gasteiger charge is -2.31. The van der Waals surface area contributed by atoms with Gasteiger partial charge in [-0.05, 0) is 25.5 Å². The van der Waals surface area contributed by atoms with Gasteiger partial charge in [-0.3, -0.25) is 9.59 Å². The van der Waals surface area contributed by atoms with Crippen LogP contribution in [0.1, 0.15) is 13.3 Å². The van der Waals surface area contributed by atoms with E-state index in [0.717, 1.165) is 18.7 Å². The number of hydrogen-bond donors (Lipinski definition) is 0. The highest BCUT2D eigenvalue weighted by atomic mass is 16.5. The lowest BCUT2D eigenvalue weighted by molar-refractivity contribution is -0.143. The molecule has 4 aliphatic rings. The maximum absolute atomic E-state index is 13.3. The van der Waals surface area contributed by atoms with E-state index < -0.39 is 17.4 Å². The van der Waals surface area contributed by atoms with Crippen LogP contribution in [0.3, 0.4) is 0 Å². The molecule has 4 heterocycles. The molecule has 2 fully saturated rings. The predicted molar refractivity (Wildman–Crippen MR) is 107 cm³/mol. The molecule has 1 aromatic rings. The Kier molecular flexibility index (Phi) is 4.46. The Morgan fingerprint density at radius 3 is 2.90 bits per heavy atom. The Hall–Kier alpha value is -2.60. The molecular formula is C23H26N2O4. The molecule has 6 nitrogen and oxygen atoms in total. The van der Waals surface area contributed by atoms with Gasteiger partial charge >= 0.3 is 0 Å². The SMILES string of the molecule is CC1=CCN(C(=O)[C@H]2[C@@H]3C=C[C@@]4(CN(CCOc5ccccc5)C(=O)[C@@H]24)O3)CC1. The lowest BCUT2D eigenvalue weighted by Crippen LogP contribution is -2.47. The fourth-order valence-electron chi connectivity index (χ4n) is 5.02. The van der Waals surface area contributed by atoms with Gasteiger partial charge in [0, 0.05) is 13.1 Å². The van der Waals surface area contributed by atoms with Gasteiger partial charge in [-0.1, -0.05) is 42.0 Å². The summed E-state index contributed by atoms with van der Waals surface area (Å²) in [5.74, 6) is 0.00506. The van der Waals surface area contributed by atoms with Crippen LogP contribution in [0.15, 0.2) is 54.1 Å². The summed E-state index contributed by atoms with van der Waals surface area (Å²) in [7, 11) is 0. The molecule has 6 heteroatoms. The van der Waals surface area contributed by atoms with Gasteiger partial charge in [0.2, 0.25) is 11.8 Å². The molecular weight excluding hydrogens is 368 g/mol. The molecule has 29 heavy (non-hydrogen) atoms. The summed E-state index contributed by atoms with van der Waals surface area (Å²) in [5.41, 5.74) is 0.659.